The predicted molar refractivity (Wildman–Crippen MR) is 80.7 cm³/mol. The van der Waals surface area contributed by atoms with E-state index in [0.717, 1.165) is 0 Å². The Hall–Kier alpha value is -1.96. The molecule has 118 valence electrons. The molecule has 21 heavy (non-hydrogen) atoms. The quantitative estimate of drug-likeness (QED) is 0.730. The van der Waals surface area contributed by atoms with Crippen molar-refractivity contribution in [1.82, 2.24) is 10.0 Å². The van der Waals surface area contributed by atoms with Crippen molar-refractivity contribution in [3.8, 4) is 5.75 Å². The highest BCUT2D eigenvalue weighted by molar-refractivity contribution is 7.90. The van der Waals surface area contributed by atoms with E-state index in [0.29, 0.717) is 11.3 Å². The number of ether oxygens (including phenoxy) is 1. The molecule has 0 spiro atoms. The van der Waals surface area contributed by atoms with Crippen LogP contribution in [-0.4, -0.2) is 27.1 Å². The highest BCUT2D eigenvalue weighted by Gasteiger charge is 2.25. The second-order valence-corrected chi connectivity index (χ2v) is 7.32. The van der Waals surface area contributed by atoms with Gasteiger partial charge >= 0.3 is 6.03 Å². The van der Waals surface area contributed by atoms with Crippen molar-refractivity contribution < 1.29 is 17.9 Å². The van der Waals surface area contributed by atoms with E-state index < -0.39 is 21.6 Å². The van der Waals surface area contributed by atoms with Crippen LogP contribution in [0.1, 0.15) is 26.3 Å². The van der Waals surface area contributed by atoms with Gasteiger partial charge < -0.3 is 15.8 Å². The van der Waals surface area contributed by atoms with Gasteiger partial charge in [0.2, 0.25) is 0 Å². The van der Waals surface area contributed by atoms with E-state index in [-0.39, 0.29) is 10.6 Å². The molecule has 0 aliphatic carbocycles. The summed E-state index contributed by atoms with van der Waals surface area (Å²) in [6.07, 6.45) is 0. The average molecular weight is 315 g/mol. The van der Waals surface area contributed by atoms with Gasteiger partial charge in [-0.15, -0.1) is 0 Å². The van der Waals surface area contributed by atoms with Crippen LogP contribution in [-0.2, 0) is 10.0 Å². The molecule has 0 bridgehead atoms. The molecule has 1 aromatic carbocycles. The minimum absolute atomic E-state index is 0.123. The first-order chi connectivity index (χ1) is 9.46. The lowest BCUT2D eigenvalue weighted by atomic mass is 10.1. The lowest BCUT2D eigenvalue weighted by Gasteiger charge is -2.21. The van der Waals surface area contributed by atoms with Crippen LogP contribution in [0.3, 0.4) is 0 Å². The number of amides is 2. The molecule has 1 rings (SSSR count). The van der Waals surface area contributed by atoms with Gasteiger partial charge in [0, 0.05) is 11.2 Å². The number of nitrogen functional groups attached to an aromatic ring is 1. The third kappa shape index (κ3) is 4.52. The highest BCUT2D eigenvalue weighted by Crippen LogP contribution is 2.28. The Morgan fingerprint density at radius 1 is 1.29 bits per heavy atom. The van der Waals surface area contributed by atoms with Crippen molar-refractivity contribution in [3.05, 3.63) is 17.7 Å². The summed E-state index contributed by atoms with van der Waals surface area (Å²) in [6, 6.07) is 1.95. The van der Waals surface area contributed by atoms with Crippen molar-refractivity contribution in [2.24, 2.45) is 0 Å². The van der Waals surface area contributed by atoms with E-state index in [9.17, 15) is 13.2 Å². The molecule has 0 aromatic heterocycles. The summed E-state index contributed by atoms with van der Waals surface area (Å²) in [5.41, 5.74) is 6.15. The summed E-state index contributed by atoms with van der Waals surface area (Å²) in [7, 11) is -2.73. The summed E-state index contributed by atoms with van der Waals surface area (Å²) in [4.78, 5) is 11.5. The standard InChI is InChI=1S/C13H21N3O4S/c1-8-6-10(20-5)11(7-9(8)14)21(18,19)16-12(17)15-13(2,3)4/h6-7H,14H2,1-5H3,(H2,15,16,17). The fourth-order valence-electron chi connectivity index (χ4n) is 1.59. The van der Waals surface area contributed by atoms with Crippen LogP contribution in [0.15, 0.2) is 17.0 Å². The zero-order chi connectivity index (χ0) is 16.4. The maximum absolute atomic E-state index is 12.3. The van der Waals surface area contributed by atoms with Gasteiger partial charge in [-0.1, -0.05) is 0 Å². The van der Waals surface area contributed by atoms with Gasteiger partial charge in [-0.05, 0) is 45.4 Å². The predicted octanol–water partition coefficient (Wildman–Crippen LogP) is 1.37. The molecule has 0 heterocycles. The smallest absolute Gasteiger partial charge is 0.329 e. The second-order valence-electron chi connectivity index (χ2n) is 5.67. The number of anilines is 1. The van der Waals surface area contributed by atoms with Gasteiger partial charge in [-0.3, -0.25) is 0 Å². The number of aryl methyl sites for hydroxylation is 1. The Morgan fingerprint density at radius 2 is 1.86 bits per heavy atom. The van der Waals surface area contributed by atoms with Crippen LogP contribution in [0.4, 0.5) is 10.5 Å². The van der Waals surface area contributed by atoms with Gasteiger partial charge in [0.25, 0.3) is 10.0 Å². The van der Waals surface area contributed by atoms with Crippen molar-refractivity contribution in [2.45, 2.75) is 38.1 Å². The number of benzene rings is 1. The Morgan fingerprint density at radius 3 is 2.33 bits per heavy atom. The van der Waals surface area contributed by atoms with Crippen LogP contribution in [0.25, 0.3) is 0 Å². The molecule has 0 aliphatic heterocycles. The van der Waals surface area contributed by atoms with Gasteiger partial charge in [0.05, 0.1) is 7.11 Å². The van der Waals surface area contributed by atoms with Gasteiger partial charge in [0.15, 0.2) is 0 Å². The fraction of sp³-hybridized carbons (Fsp3) is 0.462. The molecule has 0 saturated carbocycles. The number of hydrogen-bond donors (Lipinski definition) is 3. The second kappa shape index (κ2) is 5.80. The van der Waals surface area contributed by atoms with Crippen molar-refractivity contribution in [1.29, 1.82) is 0 Å². The molecule has 0 aliphatic rings. The topological polar surface area (TPSA) is 111 Å². The van der Waals surface area contributed by atoms with Crippen molar-refractivity contribution in [3.63, 3.8) is 0 Å². The molecular formula is C13H21N3O4S. The van der Waals surface area contributed by atoms with E-state index in [1.165, 1.54) is 19.2 Å². The Bertz CT molecular complexity index is 648. The van der Waals surface area contributed by atoms with E-state index >= 15 is 0 Å². The van der Waals surface area contributed by atoms with Crippen LogP contribution >= 0.6 is 0 Å². The molecule has 0 unspecified atom stereocenters. The first-order valence-corrected chi connectivity index (χ1v) is 7.73. The van der Waals surface area contributed by atoms with Crippen molar-refractivity contribution >= 4 is 21.7 Å². The molecule has 0 fully saturated rings. The summed E-state index contributed by atoms with van der Waals surface area (Å²) >= 11 is 0. The Balaban J connectivity index is 3.14. The molecule has 8 heteroatoms. The lowest BCUT2D eigenvalue weighted by Crippen LogP contribution is -2.48. The molecular weight excluding hydrogens is 294 g/mol. The Kier molecular flexibility index (Phi) is 4.72. The number of carbonyl (C=O) groups excluding carboxylic acids is 1. The number of nitrogens with one attached hydrogen (secondary N) is 2. The van der Waals surface area contributed by atoms with Gasteiger partial charge in [-0.25, -0.2) is 17.9 Å². The zero-order valence-electron chi connectivity index (χ0n) is 12.8. The summed E-state index contributed by atoms with van der Waals surface area (Å²) < 4.78 is 31.5. The monoisotopic (exact) mass is 315 g/mol. The summed E-state index contributed by atoms with van der Waals surface area (Å²) in [6.45, 7) is 6.95. The Labute approximate surface area is 124 Å². The first kappa shape index (κ1) is 17.1. The van der Waals surface area contributed by atoms with E-state index in [1.54, 1.807) is 27.7 Å². The van der Waals surface area contributed by atoms with E-state index in [2.05, 4.69) is 5.32 Å². The molecule has 4 N–H and O–H groups in total. The van der Waals surface area contributed by atoms with Crippen molar-refractivity contribution in [2.75, 3.05) is 12.8 Å². The van der Waals surface area contributed by atoms with E-state index in [4.69, 9.17) is 10.5 Å². The molecule has 7 nitrogen and oxygen atoms in total. The molecule has 0 atom stereocenters. The number of urea groups is 1. The number of carbonyl (C=O) groups is 1. The average Bonchev–Trinajstić information content (AvgIpc) is 2.28. The maximum Gasteiger partial charge on any atom is 0.329 e. The van der Waals surface area contributed by atoms with E-state index in [1.807, 2.05) is 4.72 Å². The third-order valence-electron chi connectivity index (χ3n) is 2.56. The minimum Gasteiger partial charge on any atom is -0.495 e. The van der Waals surface area contributed by atoms with Crippen LogP contribution in [0.2, 0.25) is 0 Å². The molecule has 2 amide bonds. The fourth-order valence-corrected chi connectivity index (χ4v) is 2.68. The molecule has 1 aromatic rings. The van der Waals surface area contributed by atoms with Gasteiger partial charge in [0.1, 0.15) is 10.6 Å². The number of rotatable bonds is 3. The maximum atomic E-state index is 12.3. The summed E-state index contributed by atoms with van der Waals surface area (Å²) in [5.74, 6) is 0.123. The lowest BCUT2D eigenvalue weighted by molar-refractivity contribution is 0.237. The summed E-state index contributed by atoms with van der Waals surface area (Å²) in [5, 5.41) is 2.51. The molecule has 0 saturated heterocycles. The number of hydrogen-bond acceptors (Lipinski definition) is 5. The largest absolute Gasteiger partial charge is 0.495 e. The SMILES string of the molecule is COc1cc(C)c(N)cc1S(=O)(=O)NC(=O)NC(C)(C)C. The van der Waals surface area contributed by atoms with Crippen LogP contribution in [0.5, 0.6) is 5.75 Å². The number of methoxy groups -OCH3 is 1. The number of sulfonamides is 1. The minimum atomic E-state index is -4.08. The number of nitrogens with two attached hydrogens (primary N) is 1. The third-order valence-corrected chi connectivity index (χ3v) is 3.91. The molecule has 0 radical (unpaired) electrons. The highest BCUT2D eigenvalue weighted by atomic mass is 32.2. The van der Waals surface area contributed by atoms with Gasteiger partial charge in [-0.2, -0.15) is 0 Å². The van der Waals surface area contributed by atoms with Crippen LogP contribution < -0.4 is 20.5 Å². The van der Waals surface area contributed by atoms with Crippen LogP contribution in [0, 0.1) is 6.92 Å². The normalized spacial score (nSPS) is 11.9. The first-order valence-electron chi connectivity index (χ1n) is 6.25. The zero-order valence-corrected chi connectivity index (χ0v) is 13.6.